The number of halogens is 1. The van der Waals surface area contributed by atoms with Gasteiger partial charge in [0.1, 0.15) is 0 Å². The molecule has 0 radical (unpaired) electrons. The van der Waals surface area contributed by atoms with E-state index in [-0.39, 0.29) is 28.2 Å². The molecule has 108 valence electrons. The SMILES string of the molecule is Br.CCN1CCCC1CCn1ccc(=O)c(O)c1C. The zero-order valence-electron chi connectivity index (χ0n) is 11.6. The maximum absolute atomic E-state index is 11.3. The molecule has 0 bridgehead atoms. The monoisotopic (exact) mass is 330 g/mol. The lowest BCUT2D eigenvalue weighted by Gasteiger charge is -2.23. The number of hydrogen-bond acceptors (Lipinski definition) is 3. The first-order chi connectivity index (χ1) is 8.63. The molecule has 0 spiro atoms. The number of rotatable bonds is 4. The fourth-order valence-corrected chi connectivity index (χ4v) is 2.83. The van der Waals surface area contributed by atoms with Gasteiger partial charge < -0.3 is 14.6 Å². The molecule has 0 aliphatic carbocycles. The van der Waals surface area contributed by atoms with E-state index in [4.69, 9.17) is 0 Å². The Bertz CT molecular complexity index is 473. The Morgan fingerprint density at radius 2 is 2.21 bits per heavy atom. The van der Waals surface area contributed by atoms with Crippen LogP contribution in [-0.2, 0) is 6.54 Å². The van der Waals surface area contributed by atoms with Crippen molar-refractivity contribution in [3.8, 4) is 5.75 Å². The number of likely N-dealkylation sites (tertiary alicyclic amines) is 1. The van der Waals surface area contributed by atoms with Crippen molar-refractivity contribution in [1.29, 1.82) is 0 Å². The van der Waals surface area contributed by atoms with Gasteiger partial charge in [0.25, 0.3) is 0 Å². The zero-order chi connectivity index (χ0) is 13.1. The van der Waals surface area contributed by atoms with Gasteiger partial charge in [-0.3, -0.25) is 4.79 Å². The quantitative estimate of drug-likeness (QED) is 0.921. The lowest BCUT2D eigenvalue weighted by atomic mass is 10.1. The fourth-order valence-electron chi connectivity index (χ4n) is 2.83. The van der Waals surface area contributed by atoms with Crippen molar-refractivity contribution in [2.45, 2.75) is 45.7 Å². The van der Waals surface area contributed by atoms with Crippen molar-refractivity contribution in [3.05, 3.63) is 28.2 Å². The van der Waals surface area contributed by atoms with E-state index >= 15 is 0 Å². The van der Waals surface area contributed by atoms with Gasteiger partial charge in [0.2, 0.25) is 5.43 Å². The standard InChI is InChI=1S/C14H22N2O2.BrH/c1-3-15-8-4-5-12(15)6-9-16-10-7-13(17)14(18)11(16)2;/h7,10,12,18H,3-6,8-9H2,1-2H3;1H. The number of hydrogen-bond donors (Lipinski definition) is 1. The van der Waals surface area contributed by atoms with Gasteiger partial charge in [-0.15, -0.1) is 17.0 Å². The summed E-state index contributed by atoms with van der Waals surface area (Å²) in [6.45, 7) is 7.17. The number of pyridine rings is 1. The maximum Gasteiger partial charge on any atom is 0.223 e. The summed E-state index contributed by atoms with van der Waals surface area (Å²) in [7, 11) is 0. The highest BCUT2D eigenvalue weighted by Gasteiger charge is 2.22. The average molecular weight is 331 g/mol. The molecule has 19 heavy (non-hydrogen) atoms. The van der Waals surface area contributed by atoms with Crippen LogP contribution in [0.4, 0.5) is 0 Å². The first-order valence-corrected chi connectivity index (χ1v) is 6.76. The minimum atomic E-state index is -0.292. The summed E-state index contributed by atoms with van der Waals surface area (Å²) in [5, 5.41) is 9.63. The Kier molecular flexibility index (Phi) is 6.07. The van der Waals surface area contributed by atoms with Gasteiger partial charge in [0.05, 0.1) is 5.69 Å². The summed E-state index contributed by atoms with van der Waals surface area (Å²) in [6, 6.07) is 2.09. The Hall–Kier alpha value is -0.810. The molecule has 1 atom stereocenters. The van der Waals surface area contributed by atoms with E-state index in [1.807, 2.05) is 4.57 Å². The average Bonchev–Trinajstić information content (AvgIpc) is 2.82. The number of aromatic hydroxyl groups is 1. The Morgan fingerprint density at radius 3 is 2.89 bits per heavy atom. The highest BCUT2D eigenvalue weighted by Crippen LogP contribution is 2.20. The van der Waals surface area contributed by atoms with Gasteiger partial charge in [-0.1, -0.05) is 6.92 Å². The van der Waals surface area contributed by atoms with Gasteiger partial charge in [-0.25, -0.2) is 0 Å². The molecule has 2 rings (SSSR count). The van der Waals surface area contributed by atoms with Gasteiger partial charge in [0, 0.05) is 24.8 Å². The van der Waals surface area contributed by atoms with E-state index in [0.29, 0.717) is 11.7 Å². The minimum absolute atomic E-state index is 0. The largest absolute Gasteiger partial charge is 0.503 e. The van der Waals surface area contributed by atoms with E-state index in [9.17, 15) is 9.90 Å². The fraction of sp³-hybridized carbons (Fsp3) is 0.643. The summed E-state index contributed by atoms with van der Waals surface area (Å²) in [5.41, 5.74) is 0.378. The van der Waals surface area contributed by atoms with Crippen LogP contribution in [0.1, 0.15) is 31.9 Å². The van der Waals surface area contributed by atoms with Crippen LogP contribution < -0.4 is 5.43 Å². The molecule has 1 fully saturated rings. The Morgan fingerprint density at radius 1 is 1.47 bits per heavy atom. The molecule has 0 saturated carbocycles. The normalized spacial score (nSPS) is 19.4. The third-order valence-corrected chi connectivity index (χ3v) is 4.02. The molecule has 5 heteroatoms. The molecule has 1 N–H and O–H groups in total. The lowest BCUT2D eigenvalue weighted by Crippen LogP contribution is -2.30. The third kappa shape index (κ3) is 3.60. The van der Waals surface area contributed by atoms with E-state index in [1.165, 1.54) is 25.5 Å². The molecule has 1 aliphatic heterocycles. The first kappa shape index (κ1) is 16.2. The van der Waals surface area contributed by atoms with Crippen LogP contribution in [0.5, 0.6) is 5.75 Å². The van der Waals surface area contributed by atoms with Crippen LogP contribution in [0.3, 0.4) is 0 Å². The predicted molar refractivity (Wildman–Crippen MR) is 82.3 cm³/mol. The lowest BCUT2D eigenvalue weighted by molar-refractivity contribution is 0.247. The van der Waals surface area contributed by atoms with Crippen molar-refractivity contribution in [1.82, 2.24) is 9.47 Å². The Balaban J connectivity index is 0.00000180. The van der Waals surface area contributed by atoms with Gasteiger partial charge >= 0.3 is 0 Å². The third-order valence-electron chi connectivity index (χ3n) is 4.02. The van der Waals surface area contributed by atoms with Crippen molar-refractivity contribution in [2.24, 2.45) is 0 Å². The molecule has 4 nitrogen and oxygen atoms in total. The second-order valence-corrected chi connectivity index (χ2v) is 5.02. The summed E-state index contributed by atoms with van der Waals surface area (Å²) in [5.74, 6) is -0.115. The summed E-state index contributed by atoms with van der Waals surface area (Å²) in [4.78, 5) is 13.8. The Labute approximate surface area is 124 Å². The first-order valence-electron chi connectivity index (χ1n) is 6.76. The molecule has 1 aromatic heterocycles. The summed E-state index contributed by atoms with van der Waals surface area (Å²) >= 11 is 0. The van der Waals surface area contributed by atoms with Crippen LogP contribution in [0.25, 0.3) is 0 Å². The molecular weight excluding hydrogens is 308 g/mol. The van der Waals surface area contributed by atoms with Gasteiger partial charge in [-0.05, 0) is 39.3 Å². The van der Waals surface area contributed by atoms with E-state index in [1.54, 1.807) is 13.1 Å². The zero-order valence-corrected chi connectivity index (χ0v) is 13.3. The molecule has 0 amide bonds. The summed E-state index contributed by atoms with van der Waals surface area (Å²) in [6.07, 6.45) is 5.41. The molecule has 1 aromatic rings. The van der Waals surface area contributed by atoms with Crippen LogP contribution >= 0.6 is 17.0 Å². The van der Waals surface area contributed by atoms with Crippen LogP contribution in [0.15, 0.2) is 17.1 Å². The van der Waals surface area contributed by atoms with Crippen molar-refractivity contribution >= 4 is 17.0 Å². The molecular formula is C14H23BrN2O2. The van der Waals surface area contributed by atoms with Crippen LogP contribution in [0, 0.1) is 6.92 Å². The highest BCUT2D eigenvalue weighted by atomic mass is 79.9. The minimum Gasteiger partial charge on any atom is -0.503 e. The molecule has 2 heterocycles. The smallest absolute Gasteiger partial charge is 0.223 e. The van der Waals surface area contributed by atoms with Gasteiger partial charge in [0.15, 0.2) is 5.75 Å². The number of aromatic nitrogens is 1. The number of aryl methyl sites for hydroxylation is 1. The predicted octanol–water partition coefficient (Wildman–Crippen LogP) is 2.31. The maximum atomic E-state index is 11.3. The van der Waals surface area contributed by atoms with E-state index < -0.39 is 0 Å². The topological polar surface area (TPSA) is 45.5 Å². The molecule has 1 unspecified atom stereocenters. The molecule has 1 aliphatic rings. The number of nitrogens with zero attached hydrogens (tertiary/aromatic N) is 2. The van der Waals surface area contributed by atoms with E-state index in [2.05, 4.69) is 11.8 Å². The van der Waals surface area contributed by atoms with Crippen LogP contribution in [-0.4, -0.2) is 33.7 Å². The van der Waals surface area contributed by atoms with Crippen molar-refractivity contribution < 1.29 is 5.11 Å². The van der Waals surface area contributed by atoms with E-state index in [0.717, 1.165) is 19.5 Å². The highest BCUT2D eigenvalue weighted by molar-refractivity contribution is 8.93. The van der Waals surface area contributed by atoms with Gasteiger partial charge in [-0.2, -0.15) is 0 Å². The second kappa shape index (κ2) is 7.10. The molecule has 1 saturated heterocycles. The summed E-state index contributed by atoms with van der Waals surface area (Å²) < 4.78 is 1.98. The van der Waals surface area contributed by atoms with Crippen molar-refractivity contribution in [2.75, 3.05) is 13.1 Å². The van der Waals surface area contributed by atoms with Crippen molar-refractivity contribution in [3.63, 3.8) is 0 Å². The second-order valence-electron chi connectivity index (χ2n) is 5.02. The van der Waals surface area contributed by atoms with Crippen LogP contribution in [0.2, 0.25) is 0 Å². The molecule has 0 aromatic carbocycles.